The van der Waals surface area contributed by atoms with Crippen molar-refractivity contribution in [3.05, 3.63) is 57.0 Å². The molecule has 1 aliphatic rings. The third-order valence-electron chi connectivity index (χ3n) is 4.53. The molecule has 0 saturated heterocycles. The molecule has 1 aliphatic carbocycles. The fraction of sp³-hybridized carbons (Fsp3) is 0.368. The van der Waals surface area contributed by atoms with E-state index in [1.165, 1.54) is 15.8 Å². The smallest absolute Gasteiger partial charge is 0.262 e. The van der Waals surface area contributed by atoms with Crippen LogP contribution in [0, 0.1) is 6.92 Å². The molecule has 2 heterocycles. The Hall–Kier alpha value is -2.18. The minimum Gasteiger partial charge on any atom is -0.491 e. The highest BCUT2D eigenvalue weighted by Crippen LogP contribution is 2.34. The summed E-state index contributed by atoms with van der Waals surface area (Å²) in [5.74, 6) is 0.718. The number of rotatable bonds is 5. The van der Waals surface area contributed by atoms with Gasteiger partial charge in [-0.15, -0.1) is 11.3 Å². The van der Waals surface area contributed by atoms with Gasteiger partial charge in [-0.1, -0.05) is 12.1 Å². The highest BCUT2D eigenvalue weighted by atomic mass is 32.1. The summed E-state index contributed by atoms with van der Waals surface area (Å²) in [4.78, 5) is 19.3. The second kappa shape index (κ2) is 6.61. The maximum Gasteiger partial charge on any atom is 0.262 e. The van der Waals surface area contributed by atoms with Gasteiger partial charge in [-0.25, -0.2) is 4.98 Å². The maximum absolute atomic E-state index is 12.8. The lowest BCUT2D eigenvalue weighted by atomic mass is 10.2. The van der Waals surface area contributed by atoms with Crippen LogP contribution in [-0.2, 0) is 19.4 Å². The highest BCUT2D eigenvalue weighted by molar-refractivity contribution is 7.18. The summed E-state index contributed by atoms with van der Waals surface area (Å²) in [5, 5.41) is 11.0. The number of aryl methyl sites for hydroxylation is 3. The molecule has 1 N–H and O–H groups in total. The maximum atomic E-state index is 12.8. The Morgan fingerprint density at radius 2 is 2.28 bits per heavy atom. The van der Waals surface area contributed by atoms with Crippen molar-refractivity contribution in [1.29, 1.82) is 0 Å². The number of fused-ring (bicyclic) bond motifs is 3. The average Bonchev–Trinajstić information content (AvgIpc) is 3.16. The zero-order valence-electron chi connectivity index (χ0n) is 14.1. The van der Waals surface area contributed by atoms with Gasteiger partial charge in [0, 0.05) is 4.88 Å². The molecule has 2 aromatic heterocycles. The van der Waals surface area contributed by atoms with Crippen molar-refractivity contribution in [2.45, 2.75) is 38.8 Å². The second-order valence-electron chi connectivity index (χ2n) is 6.52. The van der Waals surface area contributed by atoms with Crippen LogP contribution >= 0.6 is 11.3 Å². The third-order valence-corrected chi connectivity index (χ3v) is 5.73. The average molecular weight is 356 g/mol. The fourth-order valence-corrected chi connectivity index (χ4v) is 4.55. The van der Waals surface area contributed by atoms with Crippen LogP contribution in [0.3, 0.4) is 0 Å². The van der Waals surface area contributed by atoms with Crippen LogP contribution in [0.25, 0.3) is 10.2 Å². The number of hydrogen-bond acceptors (Lipinski definition) is 5. The number of aromatic nitrogens is 2. The number of nitrogens with zero attached hydrogens (tertiary/aromatic N) is 2. The molecule has 0 amide bonds. The number of benzene rings is 1. The van der Waals surface area contributed by atoms with Gasteiger partial charge in [0.2, 0.25) is 0 Å². The van der Waals surface area contributed by atoms with Crippen molar-refractivity contribution in [2.75, 3.05) is 6.61 Å². The first kappa shape index (κ1) is 16.3. The summed E-state index contributed by atoms with van der Waals surface area (Å²) in [6.07, 6.45) is 3.87. The molecule has 1 atom stereocenters. The Balaban J connectivity index is 1.50. The molecule has 6 heteroatoms. The van der Waals surface area contributed by atoms with Gasteiger partial charge in [0.1, 0.15) is 23.3 Å². The lowest BCUT2D eigenvalue weighted by Gasteiger charge is -2.14. The summed E-state index contributed by atoms with van der Waals surface area (Å²) in [6.45, 7) is 2.30. The molecule has 0 fully saturated rings. The summed E-state index contributed by atoms with van der Waals surface area (Å²) in [5.41, 5.74) is 2.21. The summed E-state index contributed by atoms with van der Waals surface area (Å²) >= 11 is 1.63. The van der Waals surface area contributed by atoms with Crippen LogP contribution < -0.4 is 10.3 Å². The van der Waals surface area contributed by atoms with Gasteiger partial charge in [0.15, 0.2) is 0 Å². The molecule has 1 unspecified atom stereocenters. The van der Waals surface area contributed by atoms with Crippen molar-refractivity contribution in [1.82, 2.24) is 9.55 Å². The van der Waals surface area contributed by atoms with Crippen molar-refractivity contribution in [3.8, 4) is 5.75 Å². The number of ether oxygens (including phenoxy) is 1. The highest BCUT2D eigenvalue weighted by Gasteiger charge is 2.21. The minimum absolute atomic E-state index is 0.0565. The fourth-order valence-electron chi connectivity index (χ4n) is 3.33. The molecule has 25 heavy (non-hydrogen) atoms. The molecule has 0 saturated carbocycles. The van der Waals surface area contributed by atoms with Gasteiger partial charge >= 0.3 is 0 Å². The zero-order chi connectivity index (χ0) is 17.4. The van der Waals surface area contributed by atoms with E-state index >= 15 is 0 Å². The van der Waals surface area contributed by atoms with Crippen molar-refractivity contribution < 1.29 is 9.84 Å². The molecule has 3 aromatic rings. The Bertz CT molecular complexity index is 976. The van der Waals surface area contributed by atoms with E-state index in [0.717, 1.165) is 46.4 Å². The normalized spacial score (nSPS) is 14.6. The van der Waals surface area contributed by atoms with Crippen LogP contribution in [0.4, 0.5) is 0 Å². The molecule has 130 valence electrons. The van der Waals surface area contributed by atoms with Gasteiger partial charge in [-0.2, -0.15) is 0 Å². The Morgan fingerprint density at radius 1 is 1.40 bits per heavy atom. The number of aliphatic hydroxyl groups excluding tert-OH is 1. The number of thiophene rings is 1. The van der Waals surface area contributed by atoms with Crippen LogP contribution in [0.5, 0.6) is 5.75 Å². The minimum atomic E-state index is -0.774. The largest absolute Gasteiger partial charge is 0.491 e. The first-order valence-corrected chi connectivity index (χ1v) is 9.30. The van der Waals surface area contributed by atoms with Gasteiger partial charge in [0.25, 0.3) is 5.56 Å². The molecule has 4 rings (SSSR count). The van der Waals surface area contributed by atoms with Crippen LogP contribution in [0.15, 0.2) is 35.4 Å². The standard InChI is InChI=1S/C19H20N2O3S/c1-12-4-2-5-14(8-12)24-10-13(22)9-21-11-20-18-17(19(21)23)15-6-3-7-16(15)25-18/h2,4-5,8,11,13,22H,3,6-7,9-10H2,1H3. The lowest BCUT2D eigenvalue weighted by molar-refractivity contribution is 0.0914. The van der Waals surface area contributed by atoms with Crippen LogP contribution in [0.2, 0.25) is 0 Å². The number of aliphatic hydroxyl groups is 1. The van der Waals surface area contributed by atoms with E-state index in [1.54, 1.807) is 11.3 Å². The SMILES string of the molecule is Cc1cccc(OCC(O)Cn2cnc3sc4c(c3c2=O)CCC4)c1. The Morgan fingerprint density at radius 3 is 3.12 bits per heavy atom. The number of hydrogen-bond donors (Lipinski definition) is 1. The quantitative estimate of drug-likeness (QED) is 0.763. The van der Waals surface area contributed by atoms with Crippen LogP contribution in [-0.4, -0.2) is 27.4 Å². The van der Waals surface area contributed by atoms with E-state index in [1.807, 2.05) is 31.2 Å². The molecule has 0 spiro atoms. The van der Waals surface area contributed by atoms with Crippen molar-refractivity contribution in [2.24, 2.45) is 0 Å². The van der Waals surface area contributed by atoms with Gasteiger partial charge in [0.05, 0.1) is 18.3 Å². The summed E-state index contributed by atoms with van der Waals surface area (Å²) in [6, 6.07) is 7.68. The Kier molecular flexibility index (Phi) is 4.31. The third kappa shape index (κ3) is 3.19. The molecule has 0 bridgehead atoms. The molecule has 1 aromatic carbocycles. The molecule has 0 aliphatic heterocycles. The van der Waals surface area contributed by atoms with Crippen LogP contribution in [0.1, 0.15) is 22.4 Å². The first-order chi connectivity index (χ1) is 12.1. The lowest BCUT2D eigenvalue weighted by Crippen LogP contribution is -2.30. The first-order valence-electron chi connectivity index (χ1n) is 8.49. The topological polar surface area (TPSA) is 64.3 Å². The van der Waals surface area contributed by atoms with Gasteiger partial charge < -0.3 is 9.84 Å². The predicted molar refractivity (Wildman–Crippen MR) is 98.6 cm³/mol. The summed E-state index contributed by atoms with van der Waals surface area (Å²) in [7, 11) is 0. The van der Waals surface area contributed by atoms with Gasteiger partial charge in [-0.3, -0.25) is 9.36 Å². The van der Waals surface area contributed by atoms with Gasteiger partial charge in [-0.05, 0) is 49.4 Å². The second-order valence-corrected chi connectivity index (χ2v) is 7.60. The Labute approximate surface area is 149 Å². The molecular weight excluding hydrogens is 336 g/mol. The van der Waals surface area contributed by atoms with E-state index in [0.29, 0.717) is 0 Å². The summed E-state index contributed by atoms with van der Waals surface area (Å²) < 4.78 is 7.12. The van der Waals surface area contributed by atoms with E-state index in [9.17, 15) is 9.90 Å². The molecule has 5 nitrogen and oxygen atoms in total. The van der Waals surface area contributed by atoms with E-state index < -0.39 is 6.10 Å². The van der Waals surface area contributed by atoms with Crippen molar-refractivity contribution in [3.63, 3.8) is 0 Å². The van der Waals surface area contributed by atoms with E-state index in [4.69, 9.17) is 4.74 Å². The van der Waals surface area contributed by atoms with E-state index in [-0.39, 0.29) is 18.7 Å². The molecular formula is C19H20N2O3S. The molecule has 0 radical (unpaired) electrons. The predicted octanol–water partition coefficient (Wildman–Crippen LogP) is 2.70. The van der Waals surface area contributed by atoms with Crippen molar-refractivity contribution >= 4 is 21.6 Å². The van der Waals surface area contributed by atoms with E-state index in [2.05, 4.69) is 4.98 Å². The zero-order valence-corrected chi connectivity index (χ0v) is 14.9. The monoisotopic (exact) mass is 356 g/mol.